The Kier molecular flexibility index (Phi) is 5.90. The third kappa shape index (κ3) is 3.40. The van der Waals surface area contributed by atoms with E-state index in [1.807, 2.05) is 36.4 Å². The Bertz CT molecular complexity index is 1210. The molecule has 5 unspecified atom stereocenters. The van der Waals surface area contributed by atoms with Crippen molar-refractivity contribution in [1.29, 1.82) is 0 Å². The van der Waals surface area contributed by atoms with Crippen molar-refractivity contribution in [1.82, 2.24) is 15.1 Å². The minimum atomic E-state index is 0.00563. The van der Waals surface area contributed by atoms with Crippen molar-refractivity contribution in [3.63, 3.8) is 0 Å². The summed E-state index contributed by atoms with van der Waals surface area (Å²) >= 11 is 0. The zero-order chi connectivity index (χ0) is 26.1. The predicted molar refractivity (Wildman–Crippen MR) is 150 cm³/mol. The van der Waals surface area contributed by atoms with Gasteiger partial charge in [0.15, 0.2) is 0 Å². The number of fused-ring (bicyclic) bond motifs is 2. The summed E-state index contributed by atoms with van der Waals surface area (Å²) in [6.45, 7) is 10.4. The summed E-state index contributed by atoms with van der Waals surface area (Å²) in [5, 5.41) is 14.3. The first-order valence-corrected chi connectivity index (χ1v) is 15.1. The monoisotopic (exact) mass is 513 g/mol. The van der Waals surface area contributed by atoms with Gasteiger partial charge in [-0.2, -0.15) is 0 Å². The number of aromatic hydroxyl groups is 1. The van der Waals surface area contributed by atoms with E-state index >= 15 is 0 Å². The molecule has 2 aromatic carbocycles. The maximum absolute atomic E-state index is 13.8. The normalized spacial score (nSPS) is 36.5. The SMILES string of the molecule is CCC1C2[C@@H](CN1C(=O)c1ccccc1)CC1(C)C3Cc4ccc(O)cc4C21CCN3CC1CCNCC1. The van der Waals surface area contributed by atoms with Crippen LogP contribution in [0.15, 0.2) is 48.5 Å². The van der Waals surface area contributed by atoms with Crippen LogP contribution in [0.4, 0.5) is 0 Å². The second-order valence-corrected chi connectivity index (χ2v) is 13.2. The standard InChI is InChI=1S/C33H43N3O2/c1-3-28-30-25(21-36(28)31(38)23-7-5-4-6-8-23)19-32(2)29-17-24-9-10-26(37)18-27(24)33(30,32)13-16-35(29)20-22-11-14-34-15-12-22/h4-10,18,22,25,28-30,34,37H,3,11-17,19-21H2,1-2H3/t25-,28?,29?,30?,32?,33?/m1/s1. The smallest absolute Gasteiger partial charge is 0.254 e. The van der Waals surface area contributed by atoms with Crippen molar-refractivity contribution in [2.75, 3.05) is 32.7 Å². The van der Waals surface area contributed by atoms with Crippen LogP contribution >= 0.6 is 0 Å². The average molecular weight is 514 g/mol. The molecule has 2 N–H and O–H groups in total. The number of amides is 1. The molecule has 7 rings (SSSR count). The number of carbonyl (C=O) groups is 1. The first kappa shape index (κ1) is 24.7. The molecular weight excluding hydrogens is 470 g/mol. The molecule has 1 amide bonds. The van der Waals surface area contributed by atoms with Gasteiger partial charge in [0.1, 0.15) is 5.75 Å². The van der Waals surface area contributed by atoms with Gasteiger partial charge < -0.3 is 15.3 Å². The molecule has 202 valence electrons. The molecule has 2 aliphatic carbocycles. The largest absolute Gasteiger partial charge is 0.508 e. The van der Waals surface area contributed by atoms with E-state index in [1.54, 1.807) is 0 Å². The highest BCUT2D eigenvalue weighted by molar-refractivity contribution is 5.94. The number of piperidine rings is 2. The topological polar surface area (TPSA) is 55.8 Å². The molecular formula is C33H43N3O2. The fraction of sp³-hybridized carbons (Fsp3) is 0.606. The minimum Gasteiger partial charge on any atom is -0.508 e. The second-order valence-electron chi connectivity index (χ2n) is 13.2. The van der Waals surface area contributed by atoms with Gasteiger partial charge in [0, 0.05) is 36.2 Å². The highest BCUT2D eigenvalue weighted by Crippen LogP contribution is 2.71. The number of hydrogen-bond acceptors (Lipinski definition) is 4. The third-order valence-corrected chi connectivity index (χ3v) is 11.6. The van der Waals surface area contributed by atoms with Crippen LogP contribution in [-0.4, -0.2) is 65.6 Å². The molecule has 0 radical (unpaired) electrons. The number of benzene rings is 2. The van der Waals surface area contributed by atoms with Crippen molar-refractivity contribution in [3.05, 3.63) is 65.2 Å². The summed E-state index contributed by atoms with van der Waals surface area (Å²) in [5.41, 5.74) is 3.80. The molecule has 5 heteroatoms. The average Bonchev–Trinajstić information content (AvgIpc) is 3.42. The van der Waals surface area contributed by atoms with E-state index in [4.69, 9.17) is 0 Å². The van der Waals surface area contributed by atoms with E-state index in [0.717, 1.165) is 56.9 Å². The van der Waals surface area contributed by atoms with E-state index < -0.39 is 0 Å². The number of likely N-dealkylation sites (tertiary alicyclic amines) is 2. The lowest BCUT2D eigenvalue weighted by Gasteiger charge is -2.63. The molecule has 0 aromatic heterocycles. The van der Waals surface area contributed by atoms with Crippen LogP contribution in [0.3, 0.4) is 0 Å². The lowest BCUT2D eigenvalue weighted by Crippen LogP contribution is -2.67. The molecule has 4 fully saturated rings. The van der Waals surface area contributed by atoms with E-state index in [2.05, 4.69) is 41.1 Å². The Morgan fingerprint density at radius 2 is 1.92 bits per heavy atom. The molecule has 3 heterocycles. The molecule has 0 spiro atoms. The molecule has 5 aliphatic rings. The van der Waals surface area contributed by atoms with Crippen LogP contribution in [0.5, 0.6) is 5.75 Å². The molecule has 2 bridgehead atoms. The van der Waals surface area contributed by atoms with Gasteiger partial charge in [-0.15, -0.1) is 0 Å². The highest BCUT2D eigenvalue weighted by Gasteiger charge is 2.72. The summed E-state index contributed by atoms with van der Waals surface area (Å²) in [6.07, 6.45) is 6.95. The van der Waals surface area contributed by atoms with Crippen LogP contribution in [0.1, 0.15) is 67.4 Å². The van der Waals surface area contributed by atoms with E-state index in [0.29, 0.717) is 23.6 Å². The second kappa shape index (κ2) is 9.09. The highest BCUT2D eigenvalue weighted by atomic mass is 16.3. The molecule has 38 heavy (non-hydrogen) atoms. The Balaban J connectivity index is 1.30. The summed E-state index contributed by atoms with van der Waals surface area (Å²) in [4.78, 5) is 18.9. The molecule has 1 saturated carbocycles. The fourth-order valence-electron chi connectivity index (χ4n) is 10.2. The number of rotatable bonds is 4. The Morgan fingerprint density at radius 3 is 2.68 bits per heavy atom. The molecule has 2 aromatic rings. The number of nitrogens with one attached hydrogen (secondary N) is 1. The van der Waals surface area contributed by atoms with Crippen molar-refractivity contribution >= 4 is 5.91 Å². The maximum Gasteiger partial charge on any atom is 0.254 e. The van der Waals surface area contributed by atoms with Gasteiger partial charge in [0.25, 0.3) is 5.91 Å². The van der Waals surface area contributed by atoms with E-state index in [9.17, 15) is 9.90 Å². The van der Waals surface area contributed by atoms with Gasteiger partial charge in [-0.05, 0) is 117 Å². The van der Waals surface area contributed by atoms with Gasteiger partial charge in [0.05, 0.1) is 0 Å². The Labute approximate surface area is 227 Å². The maximum atomic E-state index is 13.8. The first-order chi connectivity index (χ1) is 18.5. The van der Waals surface area contributed by atoms with Crippen LogP contribution < -0.4 is 5.32 Å². The van der Waals surface area contributed by atoms with Gasteiger partial charge in [-0.3, -0.25) is 9.69 Å². The van der Waals surface area contributed by atoms with Crippen molar-refractivity contribution in [2.24, 2.45) is 23.2 Å². The number of phenols is 1. The zero-order valence-corrected chi connectivity index (χ0v) is 23.0. The summed E-state index contributed by atoms with van der Waals surface area (Å²) < 4.78 is 0. The summed E-state index contributed by atoms with van der Waals surface area (Å²) in [6, 6.07) is 16.9. The lowest BCUT2D eigenvalue weighted by atomic mass is 9.48. The molecule has 3 aliphatic heterocycles. The van der Waals surface area contributed by atoms with Crippen LogP contribution in [0, 0.1) is 23.2 Å². The van der Waals surface area contributed by atoms with Crippen molar-refractivity contribution < 1.29 is 9.90 Å². The summed E-state index contributed by atoms with van der Waals surface area (Å²) in [5.74, 6) is 2.32. The molecule has 3 saturated heterocycles. The quantitative estimate of drug-likeness (QED) is 0.615. The number of phenolic OH excluding ortho intramolecular Hbond substituents is 1. The van der Waals surface area contributed by atoms with Crippen LogP contribution in [0.25, 0.3) is 0 Å². The molecule has 6 atom stereocenters. The van der Waals surface area contributed by atoms with Crippen LogP contribution in [-0.2, 0) is 11.8 Å². The first-order valence-electron chi connectivity index (χ1n) is 15.1. The van der Waals surface area contributed by atoms with Crippen molar-refractivity contribution in [3.8, 4) is 5.75 Å². The van der Waals surface area contributed by atoms with Gasteiger partial charge in [0.2, 0.25) is 0 Å². The molecule has 5 nitrogen and oxygen atoms in total. The lowest BCUT2D eigenvalue weighted by molar-refractivity contribution is -0.0676. The van der Waals surface area contributed by atoms with Crippen molar-refractivity contribution in [2.45, 2.75) is 69.9 Å². The fourth-order valence-corrected chi connectivity index (χ4v) is 10.2. The number of carbonyl (C=O) groups excluding carboxylic acids is 1. The summed E-state index contributed by atoms with van der Waals surface area (Å²) in [7, 11) is 0. The zero-order valence-electron chi connectivity index (χ0n) is 23.0. The predicted octanol–water partition coefficient (Wildman–Crippen LogP) is 4.84. The Hall–Kier alpha value is -2.37. The van der Waals surface area contributed by atoms with Gasteiger partial charge in [-0.25, -0.2) is 0 Å². The van der Waals surface area contributed by atoms with E-state index in [1.165, 1.54) is 36.9 Å². The number of nitrogens with zero attached hydrogens (tertiary/aromatic N) is 2. The van der Waals surface area contributed by atoms with Gasteiger partial charge >= 0.3 is 0 Å². The van der Waals surface area contributed by atoms with Crippen LogP contribution in [0.2, 0.25) is 0 Å². The van der Waals surface area contributed by atoms with Gasteiger partial charge in [-0.1, -0.05) is 38.1 Å². The Morgan fingerprint density at radius 1 is 1.13 bits per heavy atom. The van der Waals surface area contributed by atoms with E-state index in [-0.39, 0.29) is 22.8 Å². The number of hydrogen-bond donors (Lipinski definition) is 2. The minimum absolute atomic E-state index is 0.00563. The third-order valence-electron chi connectivity index (χ3n) is 11.6.